The summed E-state index contributed by atoms with van der Waals surface area (Å²) in [6, 6.07) is 0. The molecule has 0 bridgehead atoms. The van der Waals surface area contributed by atoms with Gasteiger partial charge < -0.3 is 5.11 Å². The average molecular weight is 208 g/mol. The lowest BCUT2D eigenvalue weighted by Crippen LogP contribution is -2.37. The van der Waals surface area contributed by atoms with Crippen LogP contribution in [0.4, 0.5) is 0 Å². The third kappa shape index (κ3) is 2.94. The largest absolute Gasteiger partial charge is 0.385 e. The van der Waals surface area contributed by atoms with Crippen LogP contribution in [0.3, 0.4) is 0 Å². The number of aliphatic hydroxyl groups is 1. The van der Waals surface area contributed by atoms with E-state index in [9.17, 15) is 5.11 Å². The molecule has 0 spiro atoms. The average Bonchev–Trinajstić information content (AvgIpc) is 2.08. The molecule has 2 atom stereocenters. The lowest BCUT2D eigenvalue weighted by atomic mass is 9.72. The van der Waals surface area contributed by atoms with Crippen LogP contribution in [0, 0.1) is 11.8 Å². The molecule has 0 aromatic heterocycles. The maximum atomic E-state index is 10.6. The fourth-order valence-corrected chi connectivity index (χ4v) is 2.46. The van der Waals surface area contributed by atoms with Gasteiger partial charge in [-0.2, -0.15) is 0 Å². The standard InChI is InChI=1S/C14H24O/c1-10(2)8-14(15)9-13(11(3)4)7-6-12(14)5/h6,10,13,15H,3,7-9H2,1-2,4-5H3/t13-,14?/m1/s1. The first kappa shape index (κ1) is 12.5. The van der Waals surface area contributed by atoms with E-state index >= 15 is 0 Å². The van der Waals surface area contributed by atoms with E-state index in [2.05, 4.69) is 40.3 Å². The van der Waals surface area contributed by atoms with E-state index in [1.807, 2.05) is 0 Å². The third-order valence-corrected chi connectivity index (χ3v) is 3.47. The van der Waals surface area contributed by atoms with Crippen molar-refractivity contribution >= 4 is 0 Å². The van der Waals surface area contributed by atoms with Gasteiger partial charge in [0.05, 0.1) is 5.60 Å². The Morgan fingerprint density at radius 2 is 2.27 bits per heavy atom. The lowest BCUT2D eigenvalue weighted by molar-refractivity contribution is 0.0295. The van der Waals surface area contributed by atoms with Crippen LogP contribution in [0.1, 0.15) is 47.0 Å². The first-order chi connectivity index (χ1) is 6.85. The molecule has 1 nitrogen and oxygen atoms in total. The van der Waals surface area contributed by atoms with Crippen molar-refractivity contribution in [2.75, 3.05) is 0 Å². The summed E-state index contributed by atoms with van der Waals surface area (Å²) in [6.45, 7) is 12.4. The van der Waals surface area contributed by atoms with Crippen LogP contribution in [-0.2, 0) is 0 Å². The molecular weight excluding hydrogens is 184 g/mol. The summed E-state index contributed by atoms with van der Waals surface area (Å²) in [5, 5.41) is 10.6. The van der Waals surface area contributed by atoms with E-state index in [0.29, 0.717) is 11.8 Å². The van der Waals surface area contributed by atoms with Crippen LogP contribution in [0.2, 0.25) is 0 Å². The molecule has 15 heavy (non-hydrogen) atoms. The number of allylic oxidation sites excluding steroid dienone is 2. The minimum absolute atomic E-state index is 0.456. The molecule has 1 unspecified atom stereocenters. The second-order valence-electron chi connectivity index (χ2n) is 5.50. The highest BCUT2D eigenvalue weighted by molar-refractivity contribution is 5.21. The van der Waals surface area contributed by atoms with Crippen molar-refractivity contribution in [1.29, 1.82) is 0 Å². The molecule has 1 aliphatic rings. The Morgan fingerprint density at radius 1 is 1.67 bits per heavy atom. The van der Waals surface area contributed by atoms with Gasteiger partial charge >= 0.3 is 0 Å². The van der Waals surface area contributed by atoms with Crippen molar-refractivity contribution in [1.82, 2.24) is 0 Å². The Kier molecular flexibility index (Phi) is 3.77. The quantitative estimate of drug-likeness (QED) is 0.701. The SMILES string of the molecule is C=C(C)[C@@H]1CC=C(C)C(O)(CC(C)C)C1. The molecule has 0 radical (unpaired) electrons. The smallest absolute Gasteiger partial charge is 0.0862 e. The van der Waals surface area contributed by atoms with Gasteiger partial charge in [0, 0.05) is 0 Å². The molecule has 0 heterocycles. The second kappa shape index (κ2) is 4.52. The Bertz CT molecular complexity index is 275. The van der Waals surface area contributed by atoms with Crippen LogP contribution in [0.5, 0.6) is 0 Å². The monoisotopic (exact) mass is 208 g/mol. The zero-order valence-corrected chi connectivity index (χ0v) is 10.5. The Hall–Kier alpha value is -0.560. The van der Waals surface area contributed by atoms with Gasteiger partial charge in [-0.05, 0) is 50.5 Å². The molecule has 1 heteroatoms. The predicted octanol–water partition coefficient (Wildman–Crippen LogP) is 3.70. The maximum absolute atomic E-state index is 10.6. The second-order valence-corrected chi connectivity index (χ2v) is 5.50. The van der Waals surface area contributed by atoms with Crippen molar-refractivity contribution in [2.24, 2.45) is 11.8 Å². The highest BCUT2D eigenvalue weighted by atomic mass is 16.3. The van der Waals surface area contributed by atoms with Gasteiger partial charge in [-0.25, -0.2) is 0 Å². The van der Waals surface area contributed by atoms with Crippen molar-refractivity contribution in [3.63, 3.8) is 0 Å². The Labute approximate surface area is 93.9 Å². The lowest BCUT2D eigenvalue weighted by Gasteiger charge is -2.38. The van der Waals surface area contributed by atoms with Crippen LogP contribution < -0.4 is 0 Å². The molecule has 0 aliphatic heterocycles. The van der Waals surface area contributed by atoms with Crippen LogP contribution in [0.25, 0.3) is 0 Å². The molecule has 0 saturated carbocycles. The summed E-state index contributed by atoms with van der Waals surface area (Å²) in [5.74, 6) is 0.986. The summed E-state index contributed by atoms with van der Waals surface area (Å²) in [5.41, 5.74) is 1.75. The van der Waals surface area contributed by atoms with E-state index in [-0.39, 0.29) is 0 Å². The fourth-order valence-electron chi connectivity index (χ4n) is 2.46. The van der Waals surface area contributed by atoms with Gasteiger partial charge in [0.15, 0.2) is 0 Å². The molecular formula is C14H24O. The Morgan fingerprint density at radius 3 is 2.73 bits per heavy atom. The predicted molar refractivity (Wildman–Crippen MR) is 65.7 cm³/mol. The normalized spacial score (nSPS) is 31.6. The van der Waals surface area contributed by atoms with Crippen molar-refractivity contribution in [3.8, 4) is 0 Å². The number of hydrogen-bond donors (Lipinski definition) is 1. The van der Waals surface area contributed by atoms with Gasteiger partial charge in [-0.1, -0.05) is 32.1 Å². The summed E-state index contributed by atoms with van der Waals surface area (Å²) in [4.78, 5) is 0. The zero-order chi connectivity index (χ0) is 11.6. The van der Waals surface area contributed by atoms with Crippen LogP contribution in [0.15, 0.2) is 23.8 Å². The minimum atomic E-state index is -0.587. The van der Waals surface area contributed by atoms with Gasteiger partial charge in [-0.15, -0.1) is 0 Å². The topological polar surface area (TPSA) is 20.2 Å². The van der Waals surface area contributed by atoms with Crippen LogP contribution in [-0.4, -0.2) is 10.7 Å². The number of hydrogen-bond acceptors (Lipinski definition) is 1. The van der Waals surface area contributed by atoms with E-state index in [1.165, 1.54) is 5.57 Å². The molecule has 1 aliphatic carbocycles. The van der Waals surface area contributed by atoms with E-state index < -0.39 is 5.60 Å². The highest BCUT2D eigenvalue weighted by Gasteiger charge is 2.35. The van der Waals surface area contributed by atoms with Crippen LogP contribution >= 0.6 is 0 Å². The molecule has 0 saturated heterocycles. The molecule has 0 aromatic rings. The van der Waals surface area contributed by atoms with Crippen molar-refractivity contribution in [2.45, 2.75) is 52.6 Å². The van der Waals surface area contributed by atoms with Gasteiger partial charge in [0.1, 0.15) is 0 Å². The van der Waals surface area contributed by atoms with E-state index in [0.717, 1.165) is 24.8 Å². The van der Waals surface area contributed by atoms with Gasteiger partial charge in [0.25, 0.3) is 0 Å². The molecule has 0 amide bonds. The van der Waals surface area contributed by atoms with Gasteiger partial charge in [0.2, 0.25) is 0 Å². The molecule has 86 valence electrons. The highest BCUT2D eigenvalue weighted by Crippen LogP contribution is 2.39. The minimum Gasteiger partial charge on any atom is -0.385 e. The van der Waals surface area contributed by atoms with Crippen molar-refractivity contribution in [3.05, 3.63) is 23.8 Å². The zero-order valence-electron chi connectivity index (χ0n) is 10.5. The first-order valence-electron chi connectivity index (χ1n) is 5.90. The molecule has 0 aromatic carbocycles. The summed E-state index contributed by atoms with van der Waals surface area (Å²) in [6.07, 6.45) is 4.94. The summed E-state index contributed by atoms with van der Waals surface area (Å²) >= 11 is 0. The van der Waals surface area contributed by atoms with E-state index in [1.54, 1.807) is 0 Å². The van der Waals surface area contributed by atoms with Crippen molar-refractivity contribution < 1.29 is 5.11 Å². The third-order valence-electron chi connectivity index (χ3n) is 3.47. The van der Waals surface area contributed by atoms with E-state index in [4.69, 9.17) is 0 Å². The van der Waals surface area contributed by atoms with Gasteiger partial charge in [-0.3, -0.25) is 0 Å². The maximum Gasteiger partial charge on any atom is 0.0862 e. The summed E-state index contributed by atoms with van der Waals surface area (Å²) < 4.78 is 0. The molecule has 0 fully saturated rings. The molecule has 1 rings (SSSR count). The Balaban J connectivity index is 2.83. The first-order valence-corrected chi connectivity index (χ1v) is 5.90. The fraction of sp³-hybridized carbons (Fsp3) is 0.714. The number of rotatable bonds is 3. The summed E-state index contributed by atoms with van der Waals surface area (Å²) in [7, 11) is 0. The molecule has 1 N–H and O–H groups in total.